The minimum absolute atomic E-state index is 0.467. The van der Waals surface area contributed by atoms with E-state index in [1.54, 1.807) is 12.4 Å². The second-order valence-corrected chi connectivity index (χ2v) is 8.77. The van der Waals surface area contributed by atoms with E-state index in [-0.39, 0.29) is 0 Å². The van der Waals surface area contributed by atoms with Gasteiger partial charge in [0.15, 0.2) is 0 Å². The van der Waals surface area contributed by atoms with Crippen molar-refractivity contribution in [1.29, 1.82) is 0 Å². The predicted molar refractivity (Wildman–Crippen MR) is 112 cm³/mol. The molecule has 0 aromatic carbocycles. The van der Waals surface area contributed by atoms with Gasteiger partial charge in [-0.05, 0) is 49.1 Å². The van der Waals surface area contributed by atoms with Gasteiger partial charge in [-0.1, -0.05) is 25.5 Å². The summed E-state index contributed by atoms with van der Waals surface area (Å²) < 4.78 is 11.5. The minimum atomic E-state index is 0.467. The van der Waals surface area contributed by atoms with E-state index in [9.17, 15) is 0 Å². The Balaban J connectivity index is 1.45. The molecule has 2 aliphatic rings. The molecule has 0 spiro atoms. The van der Waals surface area contributed by atoms with Crippen molar-refractivity contribution in [3.8, 4) is 11.5 Å². The summed E-state index contributed by atoms with van der Waals surface area (Å²) in [5.74, 6) is 3.71. The minimum Gasteiger partial charge on any atom is -0.421 e. The fraction of sp³-hybridized carbons (Fsp3) is 0.609. The van der Waals surface area contributed by atoms with Gasteiger partial charge in [-0.3, -0.25) is 9.88 Å². The predicted octanol–water partition coefficient (Wildman–Crippen LogP) is 3.86. The monoisotopic (exact) mass is 396 g/mol. The molecule has 1 fully saturated rings. The van der Waals surface area contributed by atoms with Crippen LogP contribution in [0.3, 0.4) is 0 Å². The molecule has 1 saturated heterocycles. The number of hydrogen-bond donors (Lipinski definition) is 0. The zero-order valence-electron chi connectivity index (χ0n) is 17.8. The summed E-state index contributed by atoms with van der Waals surface area (Å²) in [5, 5.41) is 8.56. The lowest BCUT2D eigenvalue weighted by Crippen LogP contribution is -2.42. The summed E-state index contributed by atoms with van der Waals surface area (Å²) in [4.78, 5) is 6.61. The molecule has 0 bridgehead atoms. The van der Waals surface area contributed by atoms with Crippen LogP contribution in [0.2, 0.25) is 0 Å². The van der Waals surface area contributed by atoms with Crippen LogP contribution in [0, 0.1) is 23.7 Å². The zero-order chi connectivity index (χ0) is 20.2. The number of nitrogens with zero attached hydrogens (tertiary/aromatic N) is 4. The number of rotatable bonds is 6. The Morgan fingerprint density at radius 2 is 1.90 bits per heavy atom. The van der Waals surface area contributed by atoms with E-state index < -0.39 is 0 Å². The highest BCUT2D eigenvalue weighted by molar-refractivity contribution is 5.50. The first-order valence-corrected chi connectivity index (χ1v) is 10.8. The van der Waals surface area contributed by atoms with Crippen LogP contribution in [0.25, 0.3) is 11.5 Å². The number of ether oxygens (including phenoxy) is 1. The van der Waals surface area contributed by atoms with Crippen molar-refractivity contribution in [3.63, 3.8) is 0 Å². The lowest BCUT2D eigenvalue weighted by Gasteiger charge is -2.40. The second kappa shape index (κ2) is 9.18. The molecular formula is C23H32N4O2. The first kappa shape index (κ1) is 20.2. The Morgan fingerprint density at radius 3 is 2.62 bits per heavy atom. The van der Waals surface area contributed by atoms with Crippen LogP contribution in [-0.4, -0.2) is 52.9 Å². The summed E-state index contributed by atoms with van der Waals surface area (Å²) in [6.45, 7) is 12.0. The normalized spacial score (nSPS) is 25.9. The molecule has 2 aromatic rings. The van der Waals surface area contributed by atoms with Crippen LogP contribution in [0.5, 0.6) is 0 Å². The van der Waals surface area contributed by atoms with Crippen LogP contribution in [-0.2, 0) is 11.2 Å². The molecule has 1 aliphatic heterocycles. The summed E-state index contributed by atoms with van der Waals surface area (Å²) in [5.41, 5.74) is 2.38. The molecule has 0 amide bonds. The van der Waals surface area contributed by atoms with Gasteiger partial charge in [0.05, 0.1) is 13.2 Å². The molecule has 0 unspecified atom stereocenters. The average Bonchev–Trinajstić information content (AvgIpc) is 3.20. The molecular weight excluding hydrogens is 364 g/mol. The van der Waals surface area contributed by atoms with Crippen molar-refractivity contribution < 1.29 is 9.15 Å². The molecule has 156 valence electrons. The lowest BCUT2D eigenvalue weighted by molar-refractivity contribution is 0.0256. The van der Waals surface area contributed by atoms with Crippen molar-refractivity contribution in [2.45, 2.75) is 33.6 Å². The maximum atomic E-state index is 5.97. The van der Waals surface area contributed by atoms with Crippen molar-refractivity contribution in [1.82, 2.24) is 20.1 Å². The van der Waals surface area contributed by atoms with Crippen molar-refractivity contribution >= 4 is 0 Å². The van der Waals surface area contributed by atoms with E-state index >= 15 is 0 Å². The smallest absolute Gasteiger partial charge is 0.247 e. The van der Waals surface area contributed by atoms with Gasteiger partial charge in [-0.15, -0.1) is 10.2 Å². The quantitative estimate of drug-likeness (QED) is 0.691. The summed E-state index contributed by atoms with van der Waals surface area (Å²) in [7, 11) is 0. The Hall–Kier alpha value is -2.05. The fourth-order valence-electron chi connectivity index (χ4n) is 4.73. The molecule has 3 heterocycles. The average molecular weight is 397 g/mol. The summed E-state index contributed by atoms with van der Waals surface area (Å²) >= 11 is 0. The van der Waals surface area contributed by atoms with Gasteiger partial charge in [0.25, 0.3) is 0 Å². The fourth-order valence-corrected chi connectivity index (χ4v) is 4.73. The van der Waals surface area contributed by atoms with E-state index in [2.05, 4.69) is 46.9 Å². The van der Waals surface area contributed by atoms with Crippen LogP contribution < -0.4 is 0 Å². The topological polar surface area (TPSA) is 64.3 Å². The van der Waals surface area contributed by atoms with Crippen molar-refractivity contribution in [3.05, 3.63) is 42.1 Å². The van der Waals surface area contributed by atoms with Gasteiger partial charge in [0.1, 0.15) is 0 Å². The highest BCUT2D eigenvalue weighted by Gasteiger charge is 2.33. The third kappa shape index (κ3) is 4.93. The second-order valence-electron chi connectivity index (χ2n) is 8.77. The standard InChI is InChI=1S/C23H32N4O2/c1-16(2)21-13-19(17(3)12-20(21)15-27-8-10-28-11-9-27)14-22-25-26-23(29-22)18-4-6-24-7-5-18/h4-7,12,16,19-21H,8-11,13-15H2,1-3H3/t19-,20-,21-/m0/s1. The third-order valence-electron chi connectivity index (χ3n) is 6.47. The summed E-state index contributed by atoms with van der Waals surface area (Å²) in [6, 6.07) is 3.79. The Bertz CT molecular complexity index is 811. The number of aromatic nitrogens is 3. The first-order valence-electron chi connectivity index (χ1n) is 10.8. The molecule has 0 saturated carbocycles. The maximum Gasteiger partial charge on any atom is 0.247 e. The number of morpholine rings is 1. The molecule has 0 N–H and O–H groups in total. The maximum absolute atomic E-state index is 5.97. The number of allylic oxidation sites excluding steroid dienone is 1. The SMILES string of the molecule is CC1=C[C@@H](CN2CCOCC2)[C@H](C(C)C)C[C@H]1Cc1nnc(-c2ccncc2)o1. The molecule has 6 nitrogen and oxygen atoms in total. The van der Waals surface area contributed by atoms with E-state index in [4.69, 9.17) is 9.15 Å². The molecule has 0 radical (unpaired) electrons. The first-order chi connectivity index (χ1) is 14.1. The van der Waals surface area contributed by atoms with Crippen LogP contribution >= 0.6 is 0 Å². The molecule has 4 rings (SSSR count). The van der Waals surface area contributed by atoms with Gasteiger partial charge in [-0.25, -0.2) is 0 Å². The van der Waals surface area contributed by atoms with Gasteiger partial charge in [-0.2, -0.15) is 0 Å². The Labute approximate surface area is 173 Å². The van der Waals surface area contributed by atoms with Crippen molar-refractivity contribution in [2.75, 3.05) is 32.8 Å². The van der Waals surface area contributed by atoms with Crippen LogP contribution in [0.15, 0.2) is 40.6 Å². The highest BCUT2D eigenvalue weighted by atomic mass is 16.5. The van der Waals surface area contributed by atoms with Gasteiger partial charge >= 0.3 is 0 Å². The zero-order valence-corrected chi connectivity index (χ0v) is 17.8. The molecule has 3 atom stereocenters. The van der Waals surface area contributed by atoms with E-state index in [0.717, 1.165) is 50.7 Å². The van der Waals surface area contributed by atoms with E-state index in [1.165, 1.54) is 12.0 Å². The van der Waals surface area contributed by atoms with Crippen molar-refractivity contribution in [2.24, 2.45) is 23.7 Å². The highest BCUT2D eigenvalue weighted by Crippen LogP contribution is 2.39. The Kier molecular flexibility index (Phi) is 6.40. The van der Waals surface area contributed by atoms with E-state index in [0.29, 0.717) is 29.6 Å². The molecule has 6 heteroatoms. The Morgan fingerprint density at radius 1 is 1.14 bits per heavy atom. The third-order valence-corrected chi connectivity index (χ3v) is 6.47. The van der Waals surface area contributed by atoms with E-state index in [1.807, 2.05) is 12.1 Å². The number of pyridine rings is 1. The van der Waals surface area contributed by atoms with Gasteiger partial charge in [0, 0.05) is 44.0 Å². The van der Waals surface area contributed by atoms with Gasteiger partial charge < -0.3 is 9.15 Å². The molecule has 29 heavy (non-hydrogen) atoms. The van der Waals surface area contributed by atoms with Gasteiger partial charge in [0.2, 0.25) is 11.8 Å². The molecule has 2 aromatic heterocycles. The summed E-state index contributed by atoms with van der Waals surface area (Å²) in [6.07, 6.45) is 8.01. The van der Waals surface area contributed by atoms with Crippen LogP contribution in [0.4, 0.5) is 0 Å². The largest absolute Gasteiger partial charge is 0.421 e. The molecule has 1 aliphatic carbocycles. The lowest BCUT2D eigenvalue weighted by atomic mass is 9.69. The van der Waals surface area contributed by atoms with Crippen LogP contribution in [0.1, 0.15) is 33.1 Å². The number of hydrogen-bond acceptors (Lipinski definition) is 6.